The zero-order valence-electron chi connectivity index (χ0n) is 11.7. The Morgan fingerprint density at radius 1 is 1.05 bits per heavy atom. The van der Waals surface area contributed by atoms with Gasteiger partial charge in [-0.1, -0.05) is 48.5 Å². The van der Waals surface area contributed by atoms with Crippen molar-refractivity contribution in [2.45, 2.75) is 0 Å². The quantitative estimate of drug-likeness (QED) is 0.520. The number of carbonyl (C=O) groups excluding carboxylic acids is 1. The molecular weight excluding hydrogens is 264 g/mol. The molecule has 0 radical (unpaired) electrons. The fourth-order valence-corrected chi connectivity index (χ4v) is 1.67. The maximum absolute atomic E-state index is 11.8. The van der Waals surface area contributed by atoms with Gasteiger partial charge in [-0.25, -0.2) is 5.43 Å². The average Bonchev–Trinajstić information content (AvgIpc) is 2.55. The molecule has 1 N–H and O–H groups in total. The Morgan fingerprint density at radius 2 is 1.67 bits per heavy atom. The summed E-state index contributed by atoms with van der Waals surface area (Å²) in [6, 6.07) is 18.6. The second-order valence-corrected chi connectivity index (χ2v) is 4.23. The number of benzene rings is 2. The molecule has 0 aromatic heterocycles. The fourth-order valence-electron chi connectivity index (χ4n) is 1.67. The highest BCUT2D eigenvalue weighted by atomic mass is 16.5. The van der Waals surface area contributed by atoms with Crippen LogP contribution in [0, 0.1) is 0 Å². The number of nitrogens with zero attached hydrogens (tertiary/aromatic N) is 1. The van der Waals surface area contributed by atoms with Gasteiger partial charge in [-0.2, -0.15) is 5.10 Å². The van der Waals surface area contributed by atoms with Crippen LogP contribution in [0.5, 0.6) is 0 Å². The molecule has 0 fully saturated rings. The minimum atomic E-state index is -0.262. The molecule has 2 rings (SSSR count). The van der Waals surface area contributed by atoms with Gasteiger partial charge in [0.15, 0.2) is 0 Å². The molecule has 0 unspecified atom stereocenters. The van der Waals surface area contributed by atoms with Crippen LogP contribution < -0.4 is 5.43 Å². The Balaban J connectivity index is 1.99. The van der Waals surface area contributed by atoms with Crippen LogP contribution in [0.25, 0.3) is 6.08 Å². The number of amides is 1. The Bertz CT molecular complexity index is 634. The van der Waals surface area contributed by atoms with Gasteiger partial charge in [0, 0.05) is 5.56 Å². The highest BCUT2D eigenvalue weighted by Gasteiger charge is 2.01. The summed E-state index contributed by atoms with van der Waals surface area (Å²) in [5, 5.41) is 3.90. The van der Waals surface area contributed by atoms with Crippen LogP contribution in [0.2, 0.25) is 0 Å². The van der Waals surface area contributed by atoms with Gasteiger partial charge in [-0.15, -0.1) is 0 Å². The number of ether oxygens (including phenoxy) is 1. The Labute approximate surface area is 123 Å². The molecule has 106 valence electrons. The molecule has 0 aliphatic rings. The monoisotopic (exact) mass is 280 g/mol. The first-order valence-corrected chi connectivity index (χ1v) is 6.49. The minimum absolute atomic E-state index is 0.262. The van der Waals surface area contributed by atoms with E-state index in [1.165, 1.54) is 6.21 Å². The molecule has 0 saturated carbocycles. The molecule has 21 heavy (non-hydrogen) atoms. The molecule has 0 bridgehead atoms. The van der Waals surface area contributed by atoms with E-state index in [4.69, 9.17) is 4.74 Å². The molecule has 0 heterocycles. The third-order valence-corrected chi connectivity index (χ3v) is 2.74. The lowest BCUT2D eigenvalue weighted by Crippen LogP contribution is -2.17. The predicted molar refractivity (Wildman–Crippen MR) is 83.8 cm³/mol. The third-order valence-electron chi connectivity index (χ3n) is 2.74. The van der Waals surface area contributed by atoms with Crippen molar-refractivity contribution in [2.24, 2.45) is 5.10 Å². The standard InChI is InChI=1S/C17H16N2O2/c1-21-16(12-14-8-4-2-5-9-14)13-18-19-17(20)15-10-6-3-7-11-15/h2-13H,1H3,(H,19,20). The summed E-state index contributed by atoms with van der Waals surface area (Å²) in [5.74, 6) is 0.288. The van der Waals surface area contributed by atoms with Crippen molar-refractivity contribution in [2.75, 3.05) is 7.11 Å². The number of allylic oxidation sites excluding steroid dienone is 1. The second kappa shape index (κ2) is 7.65. The molecule has 1 amide bonds. The van der Waals surface area contributed by atoms with E-state index in [1.54, 1.807) is 31.4 Å². The summed E-state index contributed by atoms with van der Waals surface area (Å²) in [6.07, 6.45) is 3.30. The lowest BCUT2D eigenvalue weighted by molar-refractivity contribution is 0.0955. The van der Waals surface area contributed by atoms with Crippen molar-refractivity contribution in [3.05, 3.63) is 77.5 Å². The van der Waals surface area contributed by atoms with Gasteiger partial charge in [0.1, 0.15) is 5.76 Å². The van der Waals surface area contributed by atoms with Crippen LogP contribution in [-0.2, 0) is 4.74 Å². The molecule has 0 saturated heterocycles. The van der Waals surface area contributed by atoms with E-state index >= 15 is 0 Å². The molecule has 0 aliphatic heterocycles. The lowest BCUT2D eigenvalue weighted by Gasteiger charge is -2.01. The number of methoxy groups -OCH3 is 1. The van der Waals surface area contributed by atoms with E-state index in [0.29, 0.717) is 11.3 Å². The normalized spacial score (nSPS) is 11.4. The summed E-state index contributed by atoms with van der Waals surface area (Å²) in [4.78, 5) is 11.8. The molecule has 0 atom stereocenters. The van der Waals surface area contributed by atoms with Crippen molar-refractivity contribution < 1.29 is 9.53 Å². The van der Waals surface area contributed by atoms with E-state index < -0.39 is 0 Å². The van der Waals surface area contributed by atoms with E-state index in [9.17, 15) is 4.79 Å². The Kier molecular flexibility index (Phi) is 5.29. The van der Waals surface area contributed by atoms with E-state index in [2.05, 4.69) is 10.5 Å². The second-order valence-electron chi connectivity index (χ2n) is 4.23. The number of carbonyl (C=O) groups is 1. The first kappa shape index (κ1) is 14.5. The highest BCUT2D eigenvalue weighted by molar-refractivity contribution is 5.94. The van der Waals surface area contributed by atoms with Crippen LogP contribution in [-0.4, -0.2) is 19.2 Å². The minimum Gasteiger partial charge on any atom is -0.495 e. The molecule has 4 heteroatoms. The fraction of sp³-hybridized carbons (Fsp3) is 0.0588. The van der Waals surface area contributed by atoms with Crippen molar-refractivity contribution in [1.82, 2.24) is 5.43 Å². The van der Waals surface area contributed by atoms with Gasteiger partial charge in [0.2, 0.25) is 0 Å². The summed E-state index contributed by atoms with van der Waals surface area (Å²) >= 11 is 0. The number of hydrogen-bond acceptors (Lipinski definition) is 3. The van der Waals surface area contributed by atoms with Crippen LogP contribution in [0.1, 0.15) is 15.9 Å². The maximum atomic E-state index is 11.8. The topological polar surface area (TPSA) is 50.7 Å². The van der Waals surface area contributed by atoms with Gasteiger partial charge in [-0.3, -0.25) is 4.79 Å². The van der Waals surface area contributed by atoms with Crippen LogP contribution >= 0.6 is 0 Å². The average molecular weight is 280 g/mol. The number of rotatable bonds is 5. The number of hydrazone groups is 1. The van der Waals surface area contributed by atoms with Gasteiger partial charge in [0.25, 0.3) is 5.91 Å². The first-order valence-electron chi connectivity index (χ1n) is 6.49. The molecule has 0 spiro atoms. The Morgan fingerprint density at radius 3 is 2.29 bits per heavy atom. The molecule has 2 aromatic rings. The number of hydrogen-bond donors (Lipinski definition) is 1. The summed E-state index contributed by atoms with van der Waals surface area (Å²) in [7, 11) is 1.56. The largest absolute Gasteiger partial charge is 0.495 e. The maximum Gasteiger partial charge on any atom is 0.271 e. The molecular formula is C17H16N2O2. The van der Waals surface area contributed by atoms with E-state index in [-0.39, 0.29) is 5.91 Å². The Hall–Kier alpha value is -2.88. The van der Waals surface area contributed by atoms with Gasteiger partial charge >= 0.3 is 0 Å². The van der Waals surface area contributed by atoms with Crippen molar-refractivity contribution in [3.8, 4) is 0 Å². The smallest absolute Gasteiger partial charge is 0.271 e. The summed E-state index contributed by atoms with van der Waals surface area (Å²) < 4.78 is 5.20. The third kappa shape index (κ3) is 4.62. The van der Waals surface area contributed by atoms with E-state index in [0.717, 1.165) is 5.56 Å². The first-order chi connectivity index (χ1) is 10.3. The summed E-state index contributed by atoms with van der Waals surface area (Å²) in [5.41, 5.74) is 4.01. The van der Waals surface area contributed by atoms with Crippen molar-refractivity contribution >= 4 is 18.2 Å². The SMILES string of the molecule is COC(C=NNC(=O)c1ccccc1)=Cc1ccccc1. The van der Waals surface area contributed by atoms with Crippen LogP contribution in [0.3, 0.4) is 0 Å². The van der Waals surface area contributed by atoms with Gasteiger partial charge < -0.3 is 4.74 Å². The predicted octanol–water partition coefficient (Wildman–Crippen LogP) is 3.09. The molecule has 4 nitrogen and oxygen atoms in total. The molecule has 2 aromatic carbocycles. The van der Waals surface area contributed by atoms with E-state index in [1.807, 2.05) is 42.5 Å². The van der Waals surface area contributed by atoms with Crippen molar-refractivity contribution in [3.63, 3.8) is 0 Å². The number of nitrogens with one attached hydrogen (secondary N) is 1. The lowest BCUT2D eigenvalue weighted by atomic mass is 10.2. The van der Waals surface area contributed by atoms with Crippen molar-refractivity contribution in [1.29, 1.82) is 0 Å². The van der Waals surface area contributed by atoms with Crippen LogP contribution in [0.4, 0.5) is 0 Å². The molecule has 0 aliphatic carbocycles. The summed E-state index contributed by atoms with van der Waals surface area (Å²) in [6.45, 7) is 0. The van der Waals surface area contributed by atoms with Gasteiger partial charge in [-0.05, 0) is 23.8 Å². The zero-order chi connectivity index (χ0) is 14.9. The highest BCUT2D eigenvalue weighted by Crippen LogP contribution is 2.05. The zero-order valence-corrected chi connectivity index (χ0v) is 11.7. The van der Waals surface area contributed by atoms with Gasteiger partial charge in [0.05, 0.1) is 13.3 Å². The van der Waals surface area contributed by atoms with Crippen LogP contribution in [0.15, 0.2) is 71.5 Å².